The van der Waals surface area contributed by atoms with E-state index in [4.69, 9.17) is 5.73 Å². The van der Waals surface area contributed by atoms with E-state index in [0.717, 1.165) is 42.1 Å². The first-order valence-electron chi connectivity index (χ1n) is 8.07. The summed E-state index contributed by atoms with van der Waals surface area (Å²) in [5, 5.41) is 2.84. The zero-order chi connectivity index (χ0) is 17.1. The maximum absolute atomic E-state index is 12.4. The van der Waals surface area contributed by atoms with Crippen molar-refractivity contribution in [2.75, 3.05) is 18.0 Å². The van der Waals surface area contributed by atoms with E-state index in [9.17, 15) is 4.79 Å². The van der Waals surface area contributed by atoms with Crippen LogP contribution in [-0.4, -0.2) is 40.0 Å². The van der Waals surface area contributed by atoms with Crippen molar-refractivity contribution in [3.63, 3.8) is 0 Å². The first kappa shape index (κ1) is 16.3. The van der Waals surface area contributed by atoms with E-state index < -0.39 is 0 Å². The Morgan fingerprint density at radius 1 is 1.42 bits per heavy atom. The van der Waals surface area contributed by atoms with Gasteiger partial charge in [0, 0.05) is 49.3 Å². The number of rotatable bonds is 4. The Kier molecular flexibility index (Phi) is 4.71. The monoisotopic (exact) mass is 326 g/mol. The van der Waals surface area contributed by atoms with Gasteiger partial charge in [-0.3, -0.25) is 9.78 Å². The molecule has 1 aliphatic rings. The highest BCUT2D eigenvalue weighted by atomic mass is 16.2. The highest BCUT2D eigenvalue weighted by Crippen LogP contribution is 2.23. The Morgan fingerprint density at radius 3 is 2.92 bits per heavy atom. The third-order valence-electron chi connectivity index (χ3n) is 4.27. The molecule has 7 nitrogen and oxygen atoms in total. The number of carbonyl (C=O) groups is 1. The van der Waals surface area contributed by atoms with Gasteiger partial charge in [0.05, 0.1) is 0 Å². The lowest BCUT2D eigenvalue weighted by molar-refractivity contribution is 0.0940. The number of aromatic nitrogens is 3. The van der Waals surface area contributed by atoms with Gasteiger partial charge in [0.15, 0.2) is 0 Å². The number of nitrogens with zero attached hydrogens (tertiary/aromatic N) is 4. The summed E-state index contributed by atoms with van der Waals surface area (Å²) in [5.74, 6) is 0.714. The maximum Gasteiger partial charge on any atom is 0.289 e. The summed E-state index contributed by atoms with van der Waals surface area (Å²) in [4.78, 5) is 27.4. The quantitative estimate of drug-likeness (QED) is 0.868. The van der Waals surface area contributed by atoms with E-state index in [2.05, 4.69) is 25.2 Å². The molecule has 7 heteroatoms. The molecule has 1 amide bonds. The molecule has 3 rings (SSSR count). The molecule has 0 saturated carbocycles. The number of hydrogen-bond donors (Lipinski definition) is 2. The van der Waals surface area contributed by atoms with Crippen LogP contribution >= 0.6 is 0 Å². The maximum atomic E-state index is 12.4. The third-order valence-corrected chi connectivity index (χ3v) is 4.27. The number of carbonyl (C=O) groups excluding carboxylic acids is 1. The van der Waals surface area contributed by atoms with Crippen molar-refractivity contribution in [1.82, 2.24) is 20.3 Å². The van der Waals surface area contributed by atoms with Crippen molar-refractivity contribution in [2.24, 2.45) is 5.73 Å². The van der Waals surface area contributed by atoms with Crippen molar-refractivity contribution in [1.29, 1.82) is 0 Å². The van der Waals surface area contributed by atoms with Gasteiger partial charge in [0.1, 0.15) is 5.82 Å². The minimum Gasteiger partial charge on any atom is -0.355 e. The fraction of sp³-hybridized carbons (Fsp3) is 0.412. The van der Waals surface area contributed by atoms with E-state index >= 15 is 0 Å². The highest BCUT2D eigenvalue weighted by Gasteiger charge is 2.24. The Morgan fingerprint density at radius 2 is 2.25 bits per heavy atom. The second kappa shape index (κ2) is 6.92. The van der Waals surface area contributed by atoms with E-state index in [1.807, 2.05) is 26.0 Å². The predicted molar refractivity (Wildman–Crippen MR) is 91.7 cm³/mol. The van der Waals surface area contributed by atoms with Gasteiger partial charge in [-0.2, -0.15) is 0 Å². The molecule has 2 aromatic heterocycles. The summed E-state index contributed by atoms with van der Waals surface area (Å²) in [6.45, 7) is 5.89. The minimum atomic E-state index is -0.285. The van der Waals surface area contributed by atoms with Crippen LogP contribution in [-0.2, 0) is 6.54 Å². The SMILES string of the molecule is Cc1nc(C(=O)NCc2cccnc2)nc(N2CC[C@@H](N)C2)c1C. The van der Waals surface area contributed by atoms with Crippen molar-refractivity contribution in [3.8, 4) is 0 Å². The number of anilines is 1. The molecular weight excluding hydrogens is 304 g/mol. The van der Waals surface area contributed by atoms with E-state index in [1.165, 1.54) is 0 Å². The van der Waals surface area contributed by atoms with Crippen LogP contribution in [0, 0.1) is 13.8 Å². The number of amides is 1. The summed E-state index contributed by atoms with van der Waals surface area (Å²) >= 11 is 0. The van der Waals surface area contributed by atoms with Crippen LogP contribution in [0.1, 0.15) is 33.9 Å². The molecule has 1 fully saturated rings. The number of nitrogens with two attached hydrogens (primary N) is 1. The predicted octanol–water partition coefficient (Wildman–Crippen LogP) is 0.956. The van der Waals surface area contributed by atoms with Crippen molar-refractivity contribution >= 4 is 11.7 Å². The molecule has 126 valence electrons. The summed E-state index contributed by atoms with van der Waals surface area (Å²) in [7, 11) is 0. The smallest absolute Gasteiger partial charge is 0.289 e. The van der Waals surface area contributed by atoms with Gasteiger partial charge in [-0.15, -0.1) is 0 Å². The molecule has 3 N–H and O–H groups in total. The van der Waals surface area contributed by atoms with Gasteiger partial charge in [0.2, 0.25) is 5.82 Å². The Bertz CT molecular complexity index is 733. The molecule has 3 heterocycles. The van der Waals surface area contributed by atoms with Gasteiger partial charge < -0.3 is 16.0 Å². The standard InChI is InChI=1S/C17H22N6O/c1-11-12(2)21-15(22-16(11)23-7-5-14(18)10-23)17(24)20-9-13-4-3-6-19-8-13/h3-4,6,8,14H,5,7,9-10,18H2,1-2H3,(H,20,24)/t14-/m1/s1. The van der Waals surface area contributed by atoms with Crippen molar-refractivity contribution in [2.45, 2.75) is 32.9 Å². The second-order valence-corrected chi connectivity index (χ2v) is 6.12. The Hall–Kier alpha value is -2.54. The van der Waals surface area contributed by atoms with Crippen LogP contribution in [0.25, 0.3) is 0 Å². The van der Waals surface area contributed by atoms with Gasteiger partial charge in [0.25, 0.3) is 5.91 Å². The summed E-state index contributed by atoms with van der Waals surface area (Å²) < 4.78 is 0. The molecule has 24 heavy (non-hydrogen) atoms. The molecule has 1 atom stereocenters. The van der Waals surface area contributed by atoms with Crippen LogP contribution in [0.3, 0.4) is 0 Å². The first-order valence-corrected chi connectivity index (χ1v) is 8.07. The molecule has 0 aliphatic carbocycles. The second-order valence-electron chi connectivity index (χ2n) is 6.12. The van der Waals surface area contributed by atoms with Crippen LogP contribution in [0.5, 0.6) is 0 Å². The Labute approximate surface area is 141 Å². The number of nitrogens with one attached hydrogen (secondary N) is 1. The number of hydrogen-bond acceptors (Lipinski definition) is 6. The number of pyridine rings is 1. The van der Waals surface area contributed by atoms with E-state index in [1.54, 1.807) is 12.4 Å². The molecule has 0 radical (unpaired) electrons. The lowest BCUT2D eigenvalue weighted by atomic mass is 10.2. The molecule has 0 bridgehead atoms. The Balaban J connectivity index is 1.77. The average Bonchev–Trinajstić information content (AvgIpc) is 3.02. The van der Waals surface area contributed by atoms with Crippen LogP contribution < -0.4 is 16.0 Å². The molecule has 0 spiro atoms. The number of aryl methyl sites for hydroxylation is 1. The largest absolute Gasteiger partial charge is 0.355 e. The zero-order valence-electron chi connectivity index (χ0n) is 14.0. The summed E-state index contributed by atoms with van der Waals surface area (Å²) in [5.41, 5.74) is 8.73. The summed E-state index contributed by atoms with van der Waals surface area (Å²) in [6, 6.07) is 3.90. The van der Waals surface area contributed by atoms with Crippen LogP contribution in [0.15, 0.2) is 24.5 Å². The summed E-state index contributed by atoms with van der Waals surface area (Å²) in [6.07, 6.45) is 4.36. The molecule has 1 aliphatic heterocycles. The third kappa shape index (κ3) is 3.51. The molecular formula is C17H22N6O. The van der Waals surface area contributed by atoms with Gasteiger partial charge in [-0.25, -0.2) is 9.97 Å². The zero-order valence-corrected chi connectivity index (χ0v) is 14.0. The molecule has 0 aromatic carbocycles. The van der Waals surface area contributed by atoms with Crippen molar-refractivity contribution < 1.29 is 4.79 Å². The fourth-order valence-electron chi connectivity index (χ4n) is 2.77. The van der Waals surface area contributed by atoms with Gasteiger partial charge >= 0.3 is 0 Å². The normalized spacial score (nSPS) is 17.1. The van der Waals surface area contributed by atoms with Gasteiger partial charge in [-0.1, -0.05) is 6.07 Å². The highest BCUT2D eigenvalue weighted by molar-refractivity contribution is 5.91. The molecule has 1 saturated heterocycles. The lowest BCUT2D eigenvalue weighted by Crippen LogP contribution is -2.30. The molecule has 2 aromatic rings. The lowest BCUT2D eigenvalue weighted by Gasteiger charge is -2.20. The van der Waals surface area contributed by atoms with Crippen LogP contribution in [0.4, 0.5) is 5.82 Å². The topological polar surface area (TPSA) is 97.0 Å². The van der Waals surface area contributed by atoms with Crippen LogP contribution in [0.2, 0.25) is 0 Å². The average molecular weight is 326 g/mol. The minimum absolute atomic E-state index is 0.155. The van der Waals surface area contributed by atoms with E-state index in [0.29, 0.717) is 6.54 Å². The van der Waals surface area contributed by atoms with Crippen molar-refractivity contribution in [3.05, 3.63) is 47.2 Å². The van der Waals surface area contributed by atoms with Gasteiger partial charge in [-0.05, 0) is 31.9 Å². The fourth-order valence-corrected chi connectivity index (χ4v) is 2.77. The molecule has 0 unspecified atom stereocenters. The van der Waals surface area contributed by atoms with E-state index in [-0.39, 0.29) is 17.8 Å². The first-order chi connectivity index (χ1) is 11.5.